The van der Waals surface area contributed by atoms with Gasteiger partial charge in [0.1, 0.15) is 5.82 Å². The van der Waals surface area contributed by atoms with Crippen molar-refractivity contribution >= 4 is 55.6 Å². The lowest BCUT2D eigenvalue weighted by Crippen LogP contribution is -2.51. The molecule has 0 bridgehead atoms. The van der Waals surface area contributed by atoms with Crippen molar-refractivity contribution < 1.29 is 30.8 Å². The van der Waals surface area contributed by atoms with Crippen LogP contribution < -0.4 is 19.2 Å². The number of carbonyl (C=O) groups excluding carboxylic acids is 2. The number of para-hydroxylation sites is 2. The minimum Gasteiger partial charge on any atom is -0.353 e. The third-order valence-electron chi connectivity index (χ3n) is 13.4. The van der Waals surface area contributed by atoms with Crippen LogP contribution in [0.5, 0.6) is 0 Å². The zero-order valence-electron chi connectivity index (χ0n) is 42.2. The molecule has 5 aromatic carbocycles. The molecule has 6 aromatic rings. The minimum absolute atomic E-state index is 0. The van der Waals surface area contributed by atoms with E-state index in [-0.39, 0.29) is 72.1 Å². The highest BCUT2D eigenvalue weighted by molar-refractivity contribution is 7.92. The molecule has 2 fully saturated rings. The predicted octanol–water partition coefficient (Wildman–Crippen LogP) is 8.43. The van der Waals surface area contributed by atoms with Crippen LogP contribution in [0.3, 0.4) is 0 Å². The molecule has 0 unspecified atom stereocenters. The largest absolute Gasteiger partial charge is 0.353 e. The van der Waals surface area contributed by atoms with E-state index >= 15 is 0 Å². The number of piperidine rings is 2. The maximum atomic E-state index is 13.5. The Balaban J connectivity index is 0.000000238. The number of hydrogen-bond donors (Lipinski definition) is 2. The van der Waals surface area contributed by atoms with Gasteiger partial charge in [-0.3, -0.25) is 33.0 Å². The van der Waals surface area contributed by atoms with E-state index in [4.69, 9.17) is 0 Å². The van der Waals surface area contributed by atoms with Crippen molar-refractivity contribution in [3.63, 3.8) is 0 Å². The minimum atomic E-state index is -3.60. The van der Waals surface area contributed by atoms with Crippen LogP contribution in [0.2, 0.25) is 0 Å². The number of carbonyl (C=O) groups is 2. The molecule has 0 spiro atoms. The number of sulfonamides is 2. The van der Waals surface area contributed by atoms with Crippen molar-refractivity contribution in [3.05, 3.63) is 198 Å². The Bertz CT molecular complexity index is 2850. The van der Waals surface area contributed by atoms with E-state index in [1.807, 2.05) is 133 Å². The first kappa shape index (κ1) is 57.1. The fraction of sp³-hybridized carbons (Fsp3) is 0.351. The number of pyridine rings is 1. The standard InChI is InChI=1S/C29H34FN3O3S.C28H34N4O3S.ClH/c1-23(32-18-16-27(17-19-32)31-29(34)20-24-12-14-26(30)15-13-24)21-33(28-10-6-3-7-11-28)37(35,36)22-25-8-4-2-5-9-25;1-23(31-18-14-26(15-19-31)30-28(33)20-24-12-16-29-17-13-24)21-32(27-10-6-3-7-11-27)36(34,35)22-25-8-4-2-5-9-25;/h2-15,23,27H,16-22H2,1H3,(H,31,34);2-13,16-17,23,26H,14-15,18-22H2,1H3,(H,30,33);1H/t2*23-;/m10./s1. The summed E-state index contributed by atoms with van der Waals surface area (Å²) in [5.41, 5.74) is 4.60. The summed E-state index contributed by atoms with van der Waals surface area (Å²) in [6.07, 6.45) is 7.24. The second-order valence-corrected chi connectivity index (χ2v) is 22.8. The molecule has 8 rings (SSSR count). The van der Waals surface area contributed by atoms with Gasteiger partial charge in [-0.15, -0.1) is 12.4 Å². The summed E-state index contributed by atoms with van der Waals surface area (Å²) in [7, 11) is -7.17. The number of benzene rings is 5. The van der Waals surface area contributed by atoms with E-state index in [9.17, 15) is 30.8 Å². The van der Waals surface area contributed by atoms with E-state index < -0.39 is 20.0 Å². The number of amides is 2. The number of nitrogens with zero attached hydrogens (tertiary/aromatic N) is 5. The number of nitrogens with one attached hydrogen (secondary N) is 2. The molecule has 74 heavy (non-hydrogen) atoms. The van der Waals surface area contributed by atoms with Crippen molar-refractivity contribution in [1.82, 2.24) is 25.4 Å². The summed E-state index contributed by atoms with van der Waals surface area (Å²) in [5.74, 6) is -0.460. The van der Waals surface area contributed by atoms with Crippen LogP contribution in [0.15, 0.2) is 170 Å². The van der Waals surface area contributed by atoms with Crippen LogP contribution in [0.25, 0.3) is 0 Å². The highest BCUT2D eigenvalue weighted by Crippen LogP contribution is 2.26. The fourth-order valence-corrected chi connectivity index (χ4v) is 12.7. The van der Waals surface area contributed by atoms with Crippen LogP contribution in [0, 0.1) is 5.82 Å². The Morgan fingerprint density at radius 2 is 0.865 bits per heavy atom. The van der Waals surface area contributed by atoms with Crippen LogP contribution in [0.4, 0.5) is 15.8 Å². The number of likely N-dealkylation sites (tertiary alicyclic amines) is 2. The van der Waals surface area contributed by atoms with Gasteiger partial charge in [-0.1, -0.05) is 109 Å². The average Bonchev–Trinajstić information content (AvgIpc) is 3.39. The predicted molar refractivity (Wildman–Crippen MR) is 295 cm³/mol. The SMILES string of the molecule is C[C@@H](CN(c1ccccc1)S(=O)(=O)Cc1ccccc1)N1CCC(NC(=O)Cc2ccncc2)CC1.C[C@H](CN(c1ccccc1)S(=O)(=O)Cc1ccccc1)N1CCC(NC(=O)Cc2ccc(F)cc2)CC1.Cl. The lowest BCUT2D eigenvalue weighted by molar-refractivity contribution is -0.122. The van der Waals surface area contributed by atoms with Gasteiger partial charge in [0, 0.05) is 75.8 Å². The van der Waals surface area contributed by atoms with Gasteiger partial charge in [0.05, 0.1) is 35.7 Å². The van der Waals surface area contributed by atoms with Crippen LogP contribution >= 0.6 is 12.4 Å². The summed E-state index contributed by atoms with van der Waals surface area (Å²) in [6, 6.07) is 47.0. The summed E-state index contributed by atoms with van der Waals surface area (Å²) in [4.78, 5) is 33.5. The second-order valence-electron chi connectivity index (χ2n) is 19.0. The van der Waals surface area contributed by atoms with E-state index in [2.05, 4.69) is 39.3 Å². The lowest BCUT2D eigenvalue weighted by Gasteiger charge is -2.38. The summed E-state index contributed by atoms with van der Waals surface area (Å²) in [5, 5.41) is 6.25. The van der Waals surface area contributed by atoms with E-state index in [0.29, 0.717) is 30.9 Å². The van der Waals surface area contributed by atoms with Crippen LogP contribution in [-0.2, 0) is 54.0 Å². The maximum Gasteiger partial charge on any atom is 0.239 e. The molecule has 13 nitrogen and oxygen atoms in total. The van der Waals surface area contributed by atoms with Gasteiger partial charge in [0.2, 0.25) is 31.9 Å². The molecule has 2 N–H and O–H groups in total. The second kappa shape index (κ2) is 27.9. The summed E-state index contributed by atoms with van der Waals surface area (Å²) < 4.78 is 70.2. The normalized spacial score (nSPS) is 15.6. The number of rotatable bonds is 20. The smallest absolute Gasteiger partial charge is 0.239 e. The quantitative estimate of drug-likeness (QED) is 0.0768. The molecule has 2 aliphatic heterocycles. The average molecular weight is 1070 g/mol. The highest BCUT2D eigenvalue weighted by Gasteiger charge is 2.31. The molecule has 1 aromatic heterocycles. The zero-order valence-corrected chi connectivity index (χ0v) is 44.6. The fourth-order valence-electron chi connectivity index (χ4n) is 9.38. The molecule has 2 amide bonds. The lowest BCUT2D eigenvalue weighted by atomic mass is 10.0. The van der Waals surface area contributed by atoms with Gasteiger partial charge in [-0.25, -0.2) is 21.2 Å². The van der Waals surface area contributed by atoms with Gasteiger partial charge < -0.3 is 10.6 Å². The molecule has 2 aliphatic rings. The number of halogens is 2. The first-order valence-electron chi connectivity index (χ1n) is 25.1. The van der Waals surface area contributed by atoms with E-state index in [0.717, 1.165) is 74.1 Å². The highest BCUT2D eigenvalue weighted by atomic mass is 35.5. The van der Waals surface area contributed by atoms with Gasteiger partial charge in [0.25, 0.3) is 0 Å². The van der Waals surface area contributed by atoms with Crippen molar-refractivity contribution in [2.45, 2.75) is 88.0 Å². The van der Waals surface area contributed by atoms with Crippen molar-refractivity contribution in [3.8, 4) is 0 Å². The van der Waals surface area contributed by atoms with E-state index in [1.165, 1.54) is 16.4 Å². The Morgan fingerprint density at radius 1 is 0.527 bits per heavy atom. The topological polar surface area (TPSA) is 152 Å². The molecule has 394 valence electrons. The van der Waals surface area contributed by atoms with Crippen molar-refractivity contribution in [2.24, 2.45) is 0 Å². The molecule has 0 aliphatic carbocycles. The molecular weight excluding hydrogens is 997 g/mol. The van der Waals surface area contributed by atoms with Gasteiger partial charge in [0.15, 0.2) is 0 Å². The Kier molecular flexibility index (Phi) is 21.6. The third-order valence-corrected chi connectivity index (χ3v) is 16.9. The Labute approximate surface area is 443 Å². The molecule has 2 saturated heterocycles. The van der Waals surface area contributed by atoms with Gasteiger partial charge in [-0.05, 0) is 110 Å². The zero-order chi connectivity index (χ0) is 51.6. The number of hydrogen-bond acceptors (Lipinski definition) is 9. The number of anilines is 2. The number of aromatic nitrogens is 1. The Hall–Kier alpha value is -6.17. The molecule has 2 atom stereocenters. The first-order valence-corrected chi connectivity index (χ1v) is 28.3. The molecule has 0 saturated carbocycles. The first-order chi connectivity index (χ1) is 35.2. The Morgan fingerprint density at radius 3 is 1.23 bits per heavy atom. The molecule has 17 heteroatoms. The summed E-state index contributed by atoms with van der Waals surface area (Å²) in [6.45, 7) is 8.01. The third kappa shape index (κ3) is 17.5. The van der Waals surface area contributed by atoms with Gasteiger partial charge >= 0.3 is 0 Å². The molecular formula is C57H69ClFN7O6S2. The maximum absolute atomic E-state index is 13.5. The molecule has 3 heterocycles. The van der Waals surface area contributed by atoms with Crippen LogP contribution in [-0.4, -0.2) is 107 Å². The van der Waals surface area contributed by atoms with Crippen molar-refractivity contribution in [1.29, 1.82) is 0 Å². The van der Waals surface area contributed by atoms with E-state index in [1.54, 1.807) is 28.8 Å². The van der Waals surface area contributed by atoms with Crippen molar-refractivity contribution in [2.75, 3.05) is 47.9 Å². The monoisotopic (exact) mass is 1070 g/mol. The molecule has 0 radical (unpaired) electrons. The van der Waals surface area contributed by atoms with Crippen LogP contribution in [0.1, 0.15) is 61.8 Å². The summed E-state index contributed by atoms with van der Waals surface area (Å²) >= 11 is 0. The van der Waals surface area contributed by atoms with Gasteiger partial charge in [-0.2, -0.15) is 0 Å².